The summed E-state index contributed by atoms with van der Waals surface area (Å²) in [4.78, 5) is 25.9. The average molecular weight is 196 g/mol. The van der Waals surface area contributed by atoms with Gasteiger partial charge in [-0.1, -0.05) is 0 Å². The molecule has 0 radical (unpaired) electrons. The van der Waals surface area contributed by atoms with Crippen LogP contribution in [0.2, 0.25) is 0 Å². The highest BCUT2D eigenvalue weighted by Crippen LogP contribution is 1.87. The Hall–Kier alpha value is -1.69. The highest BCUT2D eigenvalue weighted by Gasteiger charge is 2.10. The number of nitrogens with two attached hydrogens (primary N) is 2. The van der Waals surface area contributed by atoms with Gasteiger partial charge < -0.3 is 11.5 Å². The molecule has 1 unspecified atom stereocenters. The lowest BCUT2D eigenvalue weighted by atomic mass is 10.3. The van der Waals surface area contributed by atoms with E-state index in [0.29, 0.717) is 5.69 Å². The fourth-order valence-corrected chi connectivity index (χ4v) is 0.956. The van der Waals surface area contributed by atoms with Crippen molar-refractivity contribution in [3.8, 4) is 0 Å². The molecular weight excluding hydrogens is 184 g/mol. The van der Waals surface area contributed by atoms with Crippen molar-refractivity contribution in [3.63, 3.8) is 0 Å². The van der Waals surface area contributed by atoms with Crippen LogP contribution in [0.15, 0.2) is 17.2 Å². The fourth-order valence-electron chi connectivity index (χ4n) is 0.956. The van der Waals surface area contributed by atoms with Gasteiger partial charge in [-0.05, 0) is 6.92 Å². The minimum atomic E-state index is -0.864. The van der Waals surface area contributed by atoms with Gasteiger partial charge in [-0.15, -0.1) is 0 Å². The zero-order valence-electron chi connectivity index (χ0n) is 7.80. The molecule has 0 aliphatic rings. The van der Waals surface area contributed by atoms with Gasteiger partial charge in [-0.25, -0.2) is 4.98 Å². The zero-order valence-corrected chi connectivity index (χ0v) is 7.80. The molecule has 1 amide bonds. The number of amides is 1. The fraction of sp³-hybridized carbons (Fsp3) is 0.375. The Labute approximate surface area is 80.5 Å². The zero-order chi connectivity index (χ0) is 10.7. The van der Waals surface area contributed by atoms with Gasteiger partial charge in [0.1, 0.15) is 6.04 Å². The second kappa shape index (κ2) is 4.01. The van der Waals surface area contributed by atoms with Crippen molar-refractivity contribution in [2.24, 2.45) is 11.5 Å². The molecule has 1 aromatic rings. The van der Waals surface area contributed by atoms with Crippen molar-refractivity contribution in [2.75, 3.05) is 0 Å². The summed E-state index contributed by atoms with van der Waals surface area (Å²) in [5, 5.41) is 0. The molecule has 0 bridgehead atoms. The molecule has 0 spiro atoms. The molecule has 0 aromatic carbocycles. The van der Waals surface area contributed by atoms with Crippen LogP contribution in [0.3, 0.4) is 0 Å². The Morgan fingerprint density at radius 1 is 1.71 bits per heavy atom. The lowest BCUT2D eigenvalue weighted by Crippen LogP contribution is -2.42. The largest absolute Gasteiger partial charge is 0.368 e. The minimum absolute atomic E-state index is 0.0570. The van der Waals surface area contributed by atoms with Crippen LogP contribution in [-0.2, 0) is 11.3 Å². The first-order valence-corrected chi connectivity index (χ1v) is 4.08. The predicted octanol–water partition coefficient (Wildman–Crippen LogP) is -1.64. The number of hydrogen-bond acceptors (Lipinski definition) is 4. The molecule has 14 heavy (non-hydrogen) atoms. The Morgan fingerprint density at radius 2 is 2.36 bits per heavy atom. The van der Waals surface area contributed by atoms with E-state index in [1.165, 1.54) is 17.0 Å². The first-order chi connectivity index (χ1) is 6.50. The summed E-state index contributed by atoms with van der Waals surface area (Å²) in [7, 11) is 0. The Kier molecular flexibility index (Phi) is 2.98. The normalized spacial score (nSPS) is 12.4. The number of primary amides is 1. The summed E-state index contributed by atoms with van der Waals surface area (Å²) in [6.07, 6.45) is 1.35. The van der Waals surface area contributed by atoms with Crippen molar-refractivity contribution in [1.82, 2.24) is 9.55 Å². The molecule has 1 rings (SSSR count). The van der Waals surface area contributed by atoms with Gasteiger partial charge in [0.15, 0.2) is 0 Å². The molecule has 1 heterocycles. The molecule has 0 saturated carbocycles. The van der Waals surface area contributed by atoms with Crippen molar-refractivity contribution >= 4 is 5.91 Å². The number of nitrogens with zero attached hydrogens (tertiary/aromatic N) is 2. The summed E-state index contributed by atoms with van der Waals surface area (Å²) < 4.78 is 1.25. The van der Waals surface area contributed by atoms with E-state index in [2.05, 4.69) is 4.98 Å². The standard InChI is InChI=1S/C8H12N4O2/c1-5-2-7(13)12(4-11-5)3-6(9)8(10)14/h2,4,6H,3,9H2,1H3,(H2,10,14). The summed E-state index contributed by atoms with van der Waals surface area (Å²) in [6.45, 7) is 1.77. The summed E-state index contributed by atoms with van der Waals surface area (Å²) in [5.41, 5.74) is 10.7. The lowest BCUT2D eigenvalue weighted by Gasteiger charge is -2.09. The number of hydrogen-bond donors (Lipinski definition) is 2. The molecule has 76 valence electrons. The van der Waals surface area contributed by atoms with Crippen LogP contribution in [0.4, 0.5) is 0 Å². The Morgan fingerprint density at radius 3 is 2.86 bits per heavy atom. The summed E-state index contributed by atoms with van der Waals surface area (Å²) in [6, 6.07) is 0.505. The second-order valence-electron chi connectivity index (χ2n) is 3.03. The van der Waals surface area contributed by atoms with Gasteiger partial charge in [0.2, 0.25) is 5.91 Å². The van der Waals surface area contributed by atoms with Crippen LogP contribution in [-0.4, -0.2) is 21.5 Å². The van der Waals surface area contributed by atoms with Crippen molar-refractivity contribution in [2.45, 2.75) is 19.5 Å². The van der Waals surface area contributed by atoms with Crippen LogP contribution in [0.25, 0.3) is 0 Å². The first-order valence-electron chi connectivity index (χ1n) is 4.08. The van der Waals surface area contributed by atoms with Crippen LogP contribution in [0.1, 0.15) is 5.69 Å². The predicted molar refractivity (Wildman–Crippen MR) is 50.4 cm³/mol. The highest BCUT2D eigenvalue weighted by atomic mass is 16.1. The van der Waals surface area contributed by atoms with Gasteiger partial charge in [0.05, 0.1) is 12.9 Å². The van der Waals surface area contributed by atoms with E-state index in [9.17, 15) is 9.59 Å². The van der Waals surface area contributed by atoms with E-state index in [4.69, 9.17) is 11.5 Å². The third-order valence-electron chi connectivity index (χ3n) is 1.78. The molecule has 4 N–H and O–H groups in total. The van der Waals surface area contributed by atoms with E-state index in [1.54, 1.807) is 6.92 Å². The molecule has 0 aliphatic carbocycles. The molecule has 0 fully saturated rings. The number of rotatable bonds is 3. The third kappa shape index (κ3) is 2.40. The maximum Gasteiger partial charge on any atom is 0.253 e. The van der Waals surface area contributed by atoms with Gasteiger partial charge >= 0.3 is 0 Å². The van der Waals surface area contributed by atoms with Crippen molar-refractivity contribution in [1.29, 1.82) is 0 Å². The van der Waals surface area contributed by atoms with E-state index in [-0.39, 0.29) is 12.1 Å². The Balaban J connectivity index is 2.88. The van der Waals surface area contributed by atoms with E-state index >= 15 is 0 Å². The Bertz CT molecular complexity index is 399. The lowest BCUT2D eigenvalue weighted by molar-refractivity contribution is -0.119. The SMILES string of the molecule is Cc1cc(=O)n(CC(N)C(N)=O)cn1. The van der Waals surface area contributed by atoms with Gasteiger partial charge in [0.25, 0.3) is 5.56 Å². The number of aryl methyl sites for hydroxylation is 1. The third-order valence-corrected chi connectivity index (χ3v) is 1.78. The maximum absolute atomic E-state index is 11.3. The van der Waals surface area contributed by atoms with Gasteiger partial charge in [0, 0.05) is 11.8 Å². The molecule has 1 atom stereocenters. The van der Waals surface area contributed by atoms with E-state index in [1.807, 2.05) is 0 Å². The van der Waals surface area contributed by atoms with Crippen LogP contribution < -0.4 is 17.0 Å². The molecular formula is C8H12N4O2. The van der Waals surface area contributed by atoms with Gasteiger partial charge in [-0.2, -0.15) is 0 Å². The summed E-state index contributed by atoms with van der Waals surface area (Å²) >= 11 is 0. The van der Waals surface area contributed by atoms with Gasteiger partial charge in [-0.3, -0.25) is 14.2 Å². The number of carbonyl (C=O) groups excluding carboxylic acids is 1. The van der Waals surface area contributed by atoms with Crippen molar-refractivity contribution < 1.29 is 4.79 Å². The minimum Gasteiger partial charge on any atom is -0.368 e. The maximum atomic E-state index is 11.3. The topological polar surface area (TPSA) is 104 Å². The van der Waals surface area contributed by atoms with Crippen LogP contribution in [0.5, 0.6) is 0 Å². The number of carbonyl (C=O) groups is 1. The van der Waals surface area contributed by atoms with E-state index < -0.39 is 11.9 Å². The number of aromatic nitrogens is 2. The molecule has 6 heteroatoms. The van der Waals surface area contributed by atoms with Crippen LogP contribution >= 0.6 is 0 Å². The monoisotopic (exact) mass is 196 g/mol. The molecule has 1 aromatic heterocycles. The summed E-state index contributed by atoms with van der Waals surface area (Å²) in [5.74, 6) is -0.641. The molecule has 6 nitrogen and oxygen atoms in total. The van der Waals surface area contributed by atoms with Crippen molar-refractivity contribution in [3.05, 3.63) is 28.4 Å². The average Bonchev–Trinajstić information content (AvgIpc) is 2.09. The first kappa shape index (κ1) is 10.4. The molecule has 0 saturated heterocycles. The quantitative estimate of drug-likeness (QED) is 0.605. The highest BCUT2D eigenvalue weighted by molar-refractivity contribution is 5.79. The van der Waals surface area contributed by atoms with Crippen LogP contribution in [0, 0.1) is 6.92 Å². The smallest absolute Gasteiger partial charge is 0.253 e. The second-order valence-corrected chi connectivity index (χ2v) is 3.03. The molecule has 0 aliphatic heterocycles. The van der Waals surface area contributed by atoms with E-state index in [0.717, 1.165) is 0 Å².